The number of anilines is 4. The first-order valence-electron chi connectivity index (χ1n) is 12.9. The third kappa shape index (κ3) is 6.05. The van der Waals surface area contributed by atoms with Crippen molar-refractivity contribution in [2.45, 2.75) is 31.9 Å². The Bertz CT molecular complexity index is 1440. The molecule has 0 radical (unpaired) electrons. The van der Waals surface area contributed by atoms with Crippen LogP contribution in [-0.2, 0) is 11.0 Å². The lowest BCUT2D eigenvalue weighted by molar-refractivity contribution is -0.137. The second kappa shape index (κ2) is 10.9. The minimum atomic E-state index is -4.55. The van der Waals surface area contributed by atoms with Crippen LogP contribution in [0.1, 0.15) is 47.2 Å². The zero-order valence-corrected chi connectivity index (χ0v) is 21.5. The van der Waals surface area contributed by atoms with Crippen LogP contribution in [0.2, 0.25) is 0 Å². The third-order valence-electron chi connectivity index (χ3n) is 7.08. The number of amides is 2. The molecule has 208 valence electrons. The minimum Gasteiger partial charge on any atom is -0.382 e. The second-order valence-electron chi connectivity index (χ2n) is 10.0. The average molecular weight is 552 g/mol. The molecule has 9 nitrogen and oxygen atoms in total. The molecule has 0 spiro atoms. The Kier molecular flexibility index (Phi) is 7.42. The van der Waals surface area contributed by atoms with Gasteiger partial charge < -0.3 is 26.7 Å². The van der Waals surface area contributed by atoms with Gasteiger partial charge in [-0.1, -0.05) is 0 Å². The van der Waals surface area contributed by atoms with Crippen LogP contribution in [0.5, 0.6) is 0 Å². The number of nitrogens with one attached hydrogen (secondary N) is 3. The molecule has 1 atom stereocenters. The van der Waals surface area contributed by atoms with Crippen molar-refractivity contribution >= 4 is 40.5 Å². The molecule has 0 unspecified atom stereocenters. The Morgan fingerprint density at radius 2 is 1.73 bits per heavy atom. The first-order valence-corrected chi connectivity index (χ1v) is 12.9. The number of alkyl halides is 3. The Morgan fingerprint density at radius 3 is 2.42 bits per heavy atom. The van der Waals surface area contributed by atoms with Crippen LogP contribution >= 0.6 is 0 Å². The van der Waals surface area contributed by atoms with E-state index in [1.165, 1.54) is 18.3 Å². The molecule has 0 bridgehead atoms. The first kappa shape index (κ1) is 27.1. The van der Waals surface area contributed by atoms with Crippen molar-refractivity contribution in [2.75, 3.05) is 29.5 Å². The zero-order valence-electron chi connectivity index (χ0n) is 21.5. The molecule has 1 aliphatic heterocycles. The van der Waals surface area contributed by atoms with Gasteiger partial charge in [0.1, 0.15) is 11.6 Å². The molecule has 1 aliphatic carbocycles. The molecule has 2 aliphatic rings. The number of hydrogen-bond donors (Lipinski definition) is 4. The average Bonchev–Trinajstić information content (AvgIpc) is 3.79. The summed E-state index contributed by atoms with van der Waals surface area (Å²) in [6.07, 6.45) is 1.46. The summed E-state index contributed by atoms with van der Waals surface area (Å²) in [4.78, 5) is 35.0. The van der Waals surface area contributed by atoms with E-state index in [9.17, 15) is 22.8 Å². The molecule has 12 heteroatoms. The smallest absolute Gasteiger partial charge is 0.382 e. The number of piperidine rings is 1. The van der Waals surface area contributed by atoms with Crippen LogP contribution in [0.3, 0.4) is 0 Å². The van der Waals surface area contributed by atoms with Gasteiger partial charge in [-0.15, -0.1) is 0 Å². The second-order valence-corrected chi connectivity index (χ2v) is 10.0. The Hall–Kier alpha value is -4.48. The summed E-state index contributed by atoms with van der Waals surface area (Å²) in [5, 5.41) is 14.5. The number of nitrogens with zero attached hydrogens (tertiary/aromatic N) is 3. The Morgan fingerprint density at radius 1 is 1.00 bits per heavy atom. The predicted molar refractivity (Wildman–Crippen MR) is 144 cm³/mol. The van der Waals surface area contributed by atoms with Crippen LogP contribution < -0.4 is 16.4 Å². The summed E-state index contributed by atoms with van der Waals surface area (Å²) in [6.45, 7) is 1.22. The molecule has 40 heavy (non-hydrogen) atoms. The normalized spacial score (nSPS) is 17.3. The van der Waals surface area contributed by atoms with Crippen LogP contribution in [0.4, 0.5) is 36.2 Å². The van der Waals surface area contributed by atoms with Crippen molar-refractivity contribution in [2.24, 2.45) is 11.8 Å². The van der Waals surface area contributed by atoms with Crippen molar-refractivity contribution in [1.82, 2.24) is 14.9 Å². The van der Waals surface area contributed by atoms with Gasteiger partial charge in [-0.3, -0.25) is 9.59 Å². The standard InChI is InChI=1S/C28H28F3N7O2/c29-28(30,31)19-9-11-34-22(14-19)37-26(39)16-5-7-20(8-6-16)36-24-21(10-12-35-25(24)33)23(32)18-2-1-13-38(15-18)27(40)17-3-4-17/h5-12,14,17-18,32,36H,1-4,13,15H2,(H2,33,35)(H,34,37,39)/t18-/m1/s1. The van der Waals surface area contributed by atoms with Gasteiger partial charge in [0, 0.05) is 59.8 Å². The molecule has 3 heterocycles. The SMILES string of the molecule is N=C(c1ccnc(N)c1Nc1ccc(C(=O)Nc2cc(C(F)(F)F)ccn2)cc1)[C@@H]1CCCN(C(=O)C2CC2)C1. The quantitative estimate of drug-likeness (QED) is 0.302. The van der Waals surface area contributed by atoms with E-state index >= 15 is 0 Å². The van der Waals surface area contributed by atoms with Gasteiger partial charge in [-0.25, -0.2) is 9.97 Å². The fourth-order valence-electron chi connectivity index (χ4n) is 4.77. The van der Waals surface area contributed by atoms with E-state index < -0.39 is 17.6 Å². The summed E-state index contributed by atoms with van der Waals surface area (Å²) < 4.78 is 38.9. The topological polar surface area (TPSA) is 137 Å². The number of likely N-dealkylation sites (tertiary alicyclic amines) is 1. The summed E-state index contributed by atoms with van der Waals surface area (Å²) >= 11 is 0. The van der Waals surface area contributed by atoms with E-state index in [1.807, 2.05) is 4.90 Å². The number of halogens is 3. The highest BCUT2D eigenvalue weighted by Crippen LogP contribution is 2.34. The van der Waals surface area contributed by atoms with Gasteiger partial charge in [0.25, 0.3) is 5.91 Å². The number of pyridine rings is 2. The first-order chi connectivity index (χ1) is 19.1. The molecule has 2 amide bonds. The van der Waals surface area contributed by atoms with E-state index in [-0.39, 0.29) is 34.9 Å². The largest absolute Gasteiger partial charge is 0.416 e. The summed E-state index contributed by atoms with van der Waals surface area (Å²) in [5.41, 5.74) is 7.44. The van der Waals surface area contributed by atoms with Gasteiger partial charge in [0.15, 0.2) is 0 Å². The lowest BCUT2D eigenvalue weighted by atomic mass is 9.88. The maximum absolute atomic E-state index is 13.0. The van der Waals surface area contributed by atoms with E-state index in [4.69, 9.17) is 11.1 Å². The fourth-order valence-corrected chi connectivity index (χ4v) is 4.77. The summed E-state index contributed by atoms with van der Waals surface area (Å²) in [5.74, 6) is -0.459. The molecule has 5 rings (SSSR count). The van der Waals surface area contributed by atoms with E-state index in [1.54, 1.807) is 18.2 Å². The molecule has 1 saturated carbocycles. The number of nitrogen functional groups attached to an aromatic ring is 1. The van der Waals surface area contributed by atoms with E-state index in [0.717, 1.165) is 44.0 Å². The van der Waals surface area contributed by atoms with Crippen LogP contribution in [-0.4, -0.2) is 45.5 Å². The van der Waals surface area contributed by atoms with Crippen molar-refractivity contribution in [1.29, 1.82) is 5.41 Å². The number of nitrogens with two attached hydrogens (primary N) is 1. The molecule has 1 aromatic carbocycles. The third-order valence-corrected chi connectivity index (χ3v) is 7.08. The highest BCUT2D eigenvalue weighted by atomic mass is 19.4. The number of aromatic nitrogens is 2. The highest BCUT2D eigenvalue weighted by Gasteiger charge is 2.36. The zero-order chi connectivity index (χ0) is 28.4. The number of rotatable bonds is 7. The van der Waals surface area contributed by atoms with Crippen LogP contribution in [0.25, 0.3) is 0 Å². The number of carbonyl (C=O) groups is 2. The van der Waals surface area contributed by atoms with E-state index in [2.05, 4.69) is 20.6 Å². The highest BCUT2D eigenvalue weighted by molar-refractivity contribution is 6.07. The van der Waals surface area contributed by atoms with Gasteiger partial charge in [-0.05, 0) is 68.1 Å². The Balaban J connectivity index is 1.28. The summed E-state index contributed by atoms with van der Waals surface area (Å²) in [7, 11) is 0. The lowest BCUT2D eigenvalue weighted by Crippen LogP contribution is -2.43. The minimum absolute atomic E-state index is 0.130. The molecule has 3 aromatic rings. The van der Waals surface area contributed by atoms with Crippen molar-refractivity contribution in [3.8, 4) is 0 Å². The fraction of sp³-hybridized carbons (Fsp3) is 0.321. The van der Waals surface area contributed by atoms with Gasteiger partial charge in [0.2, 0.25) is 5.91 Å². The van der Waals surface area contributed by atoms with Crippen molar-refractivity contribution < 1.29 is 22.8 Å². The number of carbonyl (C=O) groups excluding carboxylic acids is 2. The lowest BCUT2D eigenvalue weighted by Gasteiger charge is -2.33. The van der Waals surface area contributed by atoms with Crippen molar-refractivity contribution in [3.05, 3.63) is 71.5 Å². The van der Waals surface area contributed by atoms with E-state index in [0.29, 0.717) is 35.7 Å². The van der Waals surface area contributed by atoms with Gasteiger partial charge in [0.05, 0.1) is 11.3 Å². The van der Waals surface area contributed by atoms with Crippen LogP contribution in [0.15, 0.2) is 54.9 Å². The number of benzene rings is 1. The van der Waals surface area contributed by atoms with Gasteiger partial charge in [-0.2, -0.15) is 13.2 Å². The molecular weight excluding hydrogens is 523 g/mol. The molecule has 2 fully saturated rings. The maximum Gasteiger partial charge on any atom is 0.416 e. The maximum atomic E-state index is 13.0. The number of hydrogen-bond acceptors (Lipinski definition) is 7. The molecule has 1 saturated heterocycles. The van der Waals surface area contributed by atoms with Crippen molar-refractivity contribution in [3.63, 3.8) is 0 Å². The Labute approximate surface area is 228 Å². The van der Waals surface area contributed by atoms with Gasteiger partial charge >= 0.3 is 6.18 Å². The molecule has 5 N–H and O–H groups in total. The molecule has 2 aromatic heterocycles. The molecular formula is C28H28F3N7O2. The monoisotopic (exact) mass is 551 g/mol. The van der Waals surface area contributed by atoms with Crippen LogP contribution in [0, 0.1) is 17.2 Å². The predicted octanol–water partition coefficient (Wildman–Crippen LogP) is 5.09. The summed E-state index contributed by atoms with van der Waals surface area (Å²) in [6, 6.07) is 9.55.